The van der Waals surface area contributed by atoms with Crippen LogP contribution in [0.15, 0.2) is 18.6 Å². The summed E-state index contributed by atoms with van der Waals surface area (Å²) < 4.78 is 26.5. The lowest BCUT2D eigenvalue weighted by Crippen LogP contribution is -2.11. The number of imidazole rings is 1. The maximum Gasteiger partial charge on any atom is 0.280 e. The molecule has 0 fully saturated rings. The van der Waals surface area contributed by atoms with Gasteiger partial charge in [0.15, 0.2) is 0 Å². The third kappa shape index (κ3) is 1.89. The fourth-order valence-electron chi connectivity index (χ4n) is 1.39. The lowest BCUT2D eigenvalue weighted by Gasteiger charge is -2.13. The fraction of sp³-hybridized carbons (Fsp3) is 0.455. The predicted molar refractivity (Wildman–Crippen MR) is 56.6 cm³/mol. The number of rotatable bonds is 1. The SMILES string of the molecule is CC(C)(C)c1cn2cnc(C(F)F)cc2n1. The second kappa shape index (κ2) is 3.50. The third-order valence-corrected chi connectivity index (χ3v) is 2.36. The maximum absolute atomic E-state index is 12.4. The summed E-state index contributed by atoms with van der Waals surface area (Å²) in [5, 5.41) is 0. The topological polar surface area (TPSA) is 30.2 Å². The first kappa shape index (κ1) is 11.0. The molecule has 0 aliphatic heterocycles. The summed E-state index contributed by atoms with van der Waals surface area (Å²) in [6.07, 6.45) is 0.635. The summed E-state index contributed by atoms with van der Waals surface area (Å²) in [6, 6.07) is 1.32. The van der Waals surface area contributed by atoms with Crippen molar-refractivity contribution in [1.29, 1.82) is 0 Å². The molecule has 2 heterocycles. The van der Waals surface area contributed by atoms with Crippen LogP contribution in [0.3, 0.4) is 0 Å². The molecule has 0 saturated heterocycles. The first-order chi connectivity index (χ1) is 7.38. The van der Waals surface area contributed by atoms with Crippen molar-refractivity contribution in [3.8, 4) is 0 Å². The van der Waals surface area contributed by atoms with Crippen molar-refractivity contribution >= 4 is 5.65 Å². The molecule has 0 unspecified atom stereocenters. The minimum atomic E-state index is -2.56. The summed E-state index contributed by atoms with van der Waals surface area (Å²) in [4.78, 5) is 7.99. The van der Waals surface area contributed by atoms with Crippen molar-refractivity contribution in [1.82, 2.24) is 14.4 Å². The number of halogens is 2. The standard InChI is InChI=1S/C11H13F2N3/c1-11(2,3)8-5-16-6-14-7(10(12)13)4-9(16)15-8/h4-6,10H,1-3H3. The van der Waals surface area contributed by atoms with Crippen LogP contribution in [0.4, 0.5) is 8.78 Å². The van der Waals surface area contributed by atoms with Gasteiger partial charge in [-0.15, -0.1) is 0 Å². The molecule has 0 N–H and O–H groups in total. The van der Waals surface area contributed by atoms with E-state index in [1.165, 1.54) is 12.4 Å². The van der Waals surface area contributed by atoms with Crippen LogP contribution in [0, 0.1) is 0 Å². The summed E-state index contributed by atoms with van der Waals surface area (Å²) in [5.41, 5.74) is 1.03. The Balaban J connectivity index is 2.54. The number of aromatic nitrogens is 3. The van der Waals surface area contributed by atoms with Gasteiger partial charge in [-0.2, -0.15) is 0 Å². The summed E-state index contributed by atoms with van der Waals surface area (Å²) in [7, 11) is 0. The van der Waals surface area contributed by atoms with Gasteiger partial charge in [0.25, 0.3) is 6.43 Å². The molecular weight excluding hydrogens is 212 g/mol. The lowest BCUT2D eigenvalue weighted by atomic mass is 9.93. The highest BCUT2D eigenvalue weighted by Gasteiger charge is 2.18. The van der Waals surface area contributed by atoms with Gasteiger partial charge in [0.05, 0.1) is 5.69 Å². The first-order valence-corrected chi connectivity index (χ1v) is 5.01. The molecule has 2 aromatic rings. The minimum Gasteiger partial charge on any atom is -0.290 e. The van der Waals surface area contributed by atoms with Crippen LogP contribution in [0.1, 0.15) is 38.6 Å². The van der Waals surface area contributed by atoms with Gasteiger partial charge in [-0.3, -0.25) is 4.40 Å². The molecular formula is C11H13F2N3. The Morgan fingerprint density at radius 3 is 2.56 bits per heavy atom. The second-order valence-electron chi connectivity index (χ2n) is 4.76. The maximum atomic E-state index is 12.4. The zero-order valence-electron chi connectivity index (χ0n) is 9.41. The van der Waals surface area contributed by atoms with Gasteiger partial charge in [0.1, 0.15) is 17.7 Å². The minimum absolute atomic E-state index is 0.100. The predicted octanol–water partition coefficient (Wildman–Crippen LogP) is 2.96. The summed E-state index contributed by atoms with van der Waals surface area (Å²) in [6.45, 7) is 6.07. The van der Waals surface area contributed by atoms with Gasteiger partial charge in [0.2, 0.25) is 0 Å². The zero-order chi connectivity index (χ0) is 11.9. The van der Waals surface area contributed by atoms with Crippen LogP contribution in [0.25, 0.3) is 5.65 Å². The van der Waals surface area contributed by atoms with E-state index in [1.54, 1.807) is 4.40 Å². The molecule has 0 amide bonds. The Morgan fingerprint density at radius 1 is 1.31 bits per heavy atom. The van der Waals surface area contributed by atoms with Gasteiger partial charge < -0.3 is 0 Å². The van der Waals surface area contributed by atoms with Crippen LogP contribution in [0.5, 0.6) is 0 Å². The van der Waals surface area contributed by atoms with E-state index in [0.29, 0.717) is 5.65 Å². The number of alkyl halides is 2. The van der Waals surface area contributed by atoms with Crippen LogP contribution in [-0.2, 0) is 5.41 Å². The van der Waals surface area contributed by atoms with E-state index in [4.69, 9.17) is 0 Å². The Morgan fingerprint density at radius 2 is 2.00 bits per heavy atom. The highest BCUT2D eigenvalue weighted by Crippen LogP contribution is 2.23. The number of hydrogen-bond acceptors (Lipinski definition) is 2. The van der Waals surface area contributed by atoms with Crippen molar-refractivity contribution in [2.24, 2.45) is 0 Å². The molecule has 0 atom stereocenters. The Labute approximate surface area is 92.1 Å². The van der Waals surface area contributed by atoms with E-state index in [1.807, 2.05) is 27.0 Å². The summed E-state index contributed by atoms with van der Waals surface area (Å²) >= 11 is 0. The van der Waals surface area contributed by atoms with Gasteiger partial charge in [-0.25, -0.2) is 18.7 Å². The van der Waals surface area contributed by atoms with E-state index in [0.717, 1.165) is 5.69 Å². The average molecular weight is 225 g/mol. The largest absolute Gasteiger partial charge is 0.290 e. The van der Waals surface area contributed by atoms with E-state index in [-0.39, 0.29) is 11.1 Å². The van der Waals surface area contributed by atoms with Gasteiger partial charge in [0, 0.05) is 17.7 Å². The highest BCUT2D eigenvalue weighted by molar-refractivity contribution is 5.41. The molecule has 0 radical (unpaired) electrons. The van der Waals surface area contributed by atoms with Crippen LogP contribution in [0.2, 0.25) is 0 Å². The first-order valence-electron chi connectivity index (χ1n) is 5.01. The number of nitrogens with zero attached hydrogens (tertiary/aromatic N) is 3. The summed E-state index contributed by atoms with van der Waals surface area (Å²) in [5.74, 6) is 0. The molecule has 2 rings (SSSR count). The molecule has 0 aromatic carbocycles. The van der Waals surface area contributed by atoms with Crippen molar-refractivity contribution in [2.75, 3.05) is 0 Å². The molecule has 16 heavy (non-hydrogen) atoms. The molecule has 3 nitrogen and oxygen atoms in total. The highest BCUT2D eigenvalue weighted by atomic mass is 19.3. The van der Waals surface area contributed by atoms with E-state index >= 15 is 0 Å². The monoisotopic (exact) mass is 225 g/mol. The third-order valence-electron chi connectivity index (χ3n) is 2.36. The van der Waals surface area contributed by atoms with Crippen molar-refractivity contribution in [3.63, 3.8) is 0 Å². The molecule has 0 aliphatic rings. The normalized spacial score (nSPS) is 12.6. The van der Waals surface area contributed by atoms with Crippen molar-refractivity contribution < 1.29 is 8.78 Å². The molecule has 0 spiro atoms. The number of hydrogen-bond donors (Lipinski definition) is 0. The van der Waals surface area contributed by atoms with Crippen LogP contribution >= 0.6 is 0 Å². The quantitative estimate of drug-likeness (QED) is 0.746. The zero-order valence-corrected chi connectivity index (χ0v) is 9.41. The van der Waals surface area contributed by atoms with Crippen molar-refractivity contribution in [3.05, 3.63) is 30.0 Å². The fourth-order valence-corrected chi connectivity index (χ4v) is 1.39. The molecule has 0 saturated carbocycles. The number of fused-ring (bicyclic) bond motifs is 1. The average Bonchev–Trinajstić information content (AvgIpc) is 2.58. The van der Waals surface area contributed by atoms with Gasteiger partial charge in [-0.1, -0.05) is 20.8 Å². The lowest BCUT2D eigenvalue weighted by molar-refractivity contribution is 0.146. The van der Waals surface area contributed by atoms with E-state index in [9.17, 15) is 8.78 Å². The molecule has 0 bridgehead atoms. The molecule has 5 heteroatoms. The molecule has 86 valence electrons. The van der Waals surface area contributed by atoms with Crippen molar-refractivity contribution in [2.45, 2.75) is 32.6 Å². The smallest absolute Gasteiger partial charge is 0.280 e. The molecule has 0 aliphatic carbocycles. The second-order valence-corrected chi connectivity index (χ2v) is 4.76. The van der Waals surface area contributed by atoms with E-state index < -0.39 is 6.43 Å². The van der Waals surface area contributed by atoms with Crippen LogP contribution < -0.4 is 0 Å². The van der Waals surface area contributed by atoms with Gasteiger partial charge >= 0.3 is 0 Å². The molecule has 2 aromatic heterocycles. The Kier molecular flexibility index (Phi) is 2.40. The van der Waals surface area contributed by atoms with E-state index in [2.05, 4.69) is 9.97 Å². The van der Waals surface area contributed by atoms with Gasteiger partial charge in [-0.05, 0) is 0 Å². The van der Waals surface area contributed by atoms with Crippen LogP contribution in [-0.4, -0.2) is 14.4 Å². The Hall–Kier alpha value is -1.52. The Bertz CT molecular complexity index is 511.